The fourth-order valence-corrected chi connectivity index (χ4v) is 1.29. The summed E-state index contributed by atoms with van der Waals surface area (Å²) in [5, 5.41) is 21.6. The quantitative estimate of drug-likeness (QED) is 0.641. The molecule has 1 aromatic carbocycles. The number of hydrogen-bond acceptors (Lipinski definition) is 4. The van der Waals surface area contributed by atoms with Crippen molar-refractivity contribution in [3.8, 4) is 5.75 Å². The second-order valence-corrected chi connectivity index (χ2v) is 3.34. The van der Waals surface area contributed by atoms with Gasteiger partial charge in [0.15, 0.2) is 0 Å². The van der Waals surface area contributed by atoms with Crippen LogP contribution >= 0.6 is 0 Å². The Hall–Kier alpha value is -1.10. The molecule has 0 fully saturated rings. The monoisotopic (exact) mass is 211 g/mol. The van der Waals surface area contributed by atoms with Crippen LogP contribution in [0.3, 0.4) is 0 Å². The van der Waals surface area contributed by atoms with Crippen molar-refractivity contribution in [2.24, 2.45) is 0 Å². The van der Waals surface area contributed by atoms with Crippen molar-refractivity contribution in [1.29, 1.82) is 0 Å². The third-order valence-electron chi connectivity index (χ3n) is 2.16. The molecule has 0 bridgehead atoms. The molecule has 4 nitrogen and oxygen atoms in total. The van der Waals surface area contributed by atoms with Crippen molar-refractivity contribution in [2.45, 2.75) is 12.6 Å². The zero-order valence-corrected chi connectivity index (χ0v) is 8.81. The standard InChI is InChI=1S/C11H17NO3/c1-15-8-10(7-13)12-6-9-4-2-3-5-11(9)14/h2-5,10,12-14H,6-8H2,1H3. The Kier molecular flexibility index (Phi) is 5.10. The molecule has 0 aliphatic carbocycles. The topological polar surface area (TPSA) is 61.7 Å². The van der Waals surface area contributed by atoms with E-state index in [2.05, 4.69) is 5.32 Å². The molecule has 0 heterocycles. The molecule has 4 heteroatoms. The Labute approximate surface area is 89.5 Å². The van der Waals surface area contributed by atoms with E-state index in [9.17, 15) is 5.11 Å². The minimum atomic E-state index is -0.102. The second kappa shape index (κ2) is 6.40. The van der Waals surface area contributed by atoms with Gasteiger partial charge in [-0.15, -0.1) is 0 Å². The number of rotatable bonds is 6. The molecule has 0 aromatic heterocycles. The molecule has 0 saturated heterocycles. The molecule has 1 rings (SSSR count). The Balaban J connectivity index is 2.45. The molecule has 0 saturated carbocycles. The fraction of sp³-hybridized carbons (Fsp3) is 0.455. The van der Waals surface area contributed by atoms with Gasteiger partial charge < -0.3 is 20.3 Å². The van der Waals surface area contributed by atoms with Gasteiger partial charge in [-0.3, -0.25) is 0 Å². The van der Waals surface area contributed by atoms with Crippen LogP contribution in [0.4, 0.5) is 0 Å². The molecule has 0 amide bonds. The molecule has 1 atom stereocenters. The Morgan fingerprint density at radius 1 is 1.40 bits per heavy atom. The molecular formula is C11H17NO3. The van der Waals surface area contributed by atoms with Gasteiger partial charge in [0.1, 0.15) is 5.75 Å². The minimum Gasteiger partial charge on any atom is -0.508 e. The van der Waals surface area contributed by atoms with Gasteiger partial charge in [0, 0.05) is 19.2 Å². The Morgan fingerprint density at radius 2 is 2.13 bits per heavy atom. The number of phenolic OH excluding ortho intramolecular Hbond substituents is 1. The second-order valence-electron chi connectivity index (χ2n) is 3.34. The maximum atomic E-state index is 9.49. The lowest BCUT2D eigenvalue weighted by atomic mass is 10.2. The van der Waals surface area contributed by atoms with E-state index in [0.29, 0.717) is 13.2 Å². The summed E-state index contributed by atoms with van der Waals surface area (Å²) in [6, 6.07) is 7.01. The maximum Gasteiger partial charge on any atom is 0.120 e. The van der Waals surface area contributed by atoms with Crippen LogP contribution in [-0.4, -0.2) is 36.6 Å². The van der Waals surface area contributed by atoms with E-state index in [4.69, 9.17) is 9.84 Å². The van der Waals surface area contributed by atoms with Gasteiger partial charge in [0.05, 0.1) is 19.3 Å². The molecule has 0 spiro atoms. The first kappa shape index (κ1) is 12.0. The minimum absolute atomic E-state index is 0.0153. The van der Waals surface area contributed by atoms with Crippen LogP contribution in [0.15, 0.2) is 24.3 Å². The van der Waals surface area contributed by atoms with Gasteiger partial charge in [-0.05, 0) is 6.07 Å². The first-order chi connectivity index (χ1) is 7.27. The van der Waals surface area contributed by atoms with Crippen molar-refractivity contribution in [2.75, 3.05) is 20.3 Å². The summed E-state index contributed by atoms with van der Waals surface area (Å²) >= 11 is 0. The van der Waals surface area contributed by atoms with Crippen molar-refractivity contribution >= 4 is 0 Å². The average molecular weight is 211 g/mol. The van der Waals surface area contributed by atoms with E-state index in [-0.39, 0.29) is 18.4 Å². The van der Waals surface area contributed by atoms with Crippen LogP contribution in [0.5, 0.6) is 5.75 Å². The highest BCUT2D eigenvalue weighted by Crippen LogP contribution is 2.14. The molecule has 0 radical (unpaired) electrons. The van der Waals surface area contributed by atoms with E-state index < -0.39 is 0 Å². The highest BCUT2D eigenvalue weighted by Gasteiger charge is 2.07. The SMILES string of the molecule is COCC(CO)NCc1ccccc1O. The summed E-state index contributed by atoms with van der Waals surface area (Å²) in [5.41, 5.74) is 0.812. The average Bonchev–Trinajstić information content (AvgIpc) is 2.26. The van der Waals surface area contributed by atoms with Crippen LogP contribution in [0.2, 0.25) is 0 Å². The first-order valence-electron chi connectivity index (χ1n) is 4.88. The van der Waals surface area contributed by atoms with Crippen molar-refractivity contribution < 1.29 is 14.9 Å². The lowest BCUT2D eigenvalue weighted by Crippen LogP contribution is -2.35. The fourth-order valence-electron chi connectivity index (χ4n) is 1.29. The Morgan fingerprint density at radius 3 is 2.73 bits per heavy atom. The highest BCUT2D eigenvalue weighted by atomic mass is 16.5. The zero-order chi connectivity index (χ0) is 11.1. The molecule has 3 N–H and O–H groups in total. The summed E-state index contributed by atoms with van der Waals surface area (Å²) < 4.78 is 4.93. The third-order valence-corrected chi connectivity index (χ3v) is 2.16. The number of para-hydroxylation sites is 1. The number of methoxy groups -OCH3 is 1. The molecular weight excluding hydrogens is 194 g/mol. The number of ether oxygens (including phenoxy) is 1. The molecule has 1 aromatic rings. The molecule has 0 aliphatic heterocycles. The van der Waals surface area contributed by atoms with Crippen molar-refractivity contribution in [3.05, 3.63) is 29.8 Å². The van der Waals surface area contributed by atoms with Crippen LogP contribution < -0.4 is 5.32 Å². The van der Waals surface area contributed by atoms with Crippen LogP contribution in [0, 0.1) is 0 Å². The third kappa shape index (κ3) is 3.87. The maximum absolute atomic E-state index is 9.49. The summed E-state index contributed by atoms with van der Waals surface area (Å²) in [4.78, 5) is 0. The van der Waals surface area contributed by atoms with E-state index in [1.807, 2.05) is 12.1 Å². The summed E-state index contributed by atoms with van der Waals surface area (Å²) in [7, 11) is 1.59. The molecule has 1 unspecified atom stereocenters. The molecule has 15 heavy (non-hydrogen) atoms. The summed E-state index contributed by atoms with van der Waals surface area (Å²) in [6.45, 7) is 0.979. The van der Waals surface area contributed by atoms with Crippen molar-refractivity contribution in [3.63, 3.8) is 0 Å². The van der Waals surface area contributed by atoms with Crippen LogP contribution in [0.1, 0.15) is 5.56 Å². The molecule has 84 valence electrons. The molecule has 0 aliphatic rings. The summed E-state index contributed by atoms with van der Waals surface area (Å²) in [6.07, 6.45) is 0. The highest BCUT2D eigenvalue weighted by molar-refractivity contribution is 5.31. The van der Waals surface area contributed by atoms with E-state index >= 15 is 0 Å². The van der Waals surface area contributed by atoms with Gasteiger partial charge >= 0.3 is 0 Å². The predicted octanol–water partition coefficient (Wildman–Crippen LogP) is 0.489. The number of aliphatic hydroxyl groups is 1. The van der Waals surface area contributed by atoms with E-state index in [1.54, 1.807) is 19.2 Å². The van der Waals surface area contributed by atoms with Crippen molar-refractivity contribution in [1.82, 2.24) is 5.32 Å². The number of hydrogen-bond donors (Lipinski definition) is 3. The van der Waals surface area contributed by atoms with Gasteiger partial charge in [-0.2, -0.15) is 0 Å². The number of nitrogens with one attached hydrogen (secondary N) is 1. The lowest BCUT2D eigenvalue weighted by molar-refractivity contribution is 0.128. The largest absolute Gasteiger partial charge is 0.508 e. The normalized spacial score (nSPS) is 12.7. The van der Waals surface area contributed by atoms with Crippen LogP contribution in [-0.2, 0) is 11.3 Å². The smallest absolute Gasteiger partial charge is 0.120 e. The van der Waals surface area contributed by atoms with Gasteiger partial charge in [0.2, 0.25) is 0 Å². The van der Waals surface area contributed by atoms with Crippen LogP contribution in [0.25, 0.3) is 0 Å². The van der Waals surface area contributed by atoms with Gasteiger partial charge in [-0.25, -0.2) is 0 Å². The predicted molar refractivity (Wildman–Crippen MR) is 57.7 cm³/mol. The zero-order valence-electron chi connectivity index (χ0n) is 8.81. The number of aromatic hydroxyl groups is 1. The number of aliphatic hydroxyl groups excluding tert-OH is 1. The lowest BCUT2D eigenvalue weighted by Gasteiger charge is -2.15. The number of benzene rings is 1. The van der Waals surface area contributed by atoms with Gasteiger partial charge in [0.25, 0.3) is 0 Å². The first-order valence-corrected chi connectivity index (χ1v) is 4.88. The summed E-state index contributed by atoms with van der Waals surface area (Å²) in [5.74, 6) is 0.263. The number of phenols is 1. The van der Waals surface area contributed by atoms with Gasteiger partial charge in [-0.1, -0.05) is 18.2 Å². The Bertz CT molecular complexity index is 291. The van der Waals surface area contributed by atoms with E-state index in [0.717, 1.165) is 5.56 Å². The van der Waals surface area contributed by atoms with E-state index in [1.165, 1.54) is 0 Å².